The molecule has 0 spiro atoms. The van der Waals surface area contributed by atoms with Gasteiger partial charge in [0.15, 0.2) is 0 Å². The van der Waals surface area contributed by atoms with Crippen molar-refractivity contribution in [2.75, 3.05) is 0 Å². The fourth-order valence-electron chi connectivity index (χ4n) is 0.930. The van der Waals surface area contributed by atoms with Crippen LogP contribution in [-0.4, -0.2) is 34.5 Å². The molecule has 4 nitrogen and oxygen atoms in total. The third-order valence-electron chi connectivity index (χ3n) is 1.57. The van der Waals surface area contributed by atoms with Crippen molar-refractivity contribution in [3.63, 3.8) is 0 Å². The van der Waals surface area contributed by atoms with Gasteiger partial charge in [0.05, 0.1) is 12.5 Å². The van der Waals surface area contributed by atoms with Crippen molar-refractivity contribution in [2.24, 2.45) is 0 Å². The molecule has 58 valence electrons. The summed E-state index contributed by atoms with van der Waals surface area (Å²) in [5.41, 5.74) is 0. The molecule has 1 rings (SSSR count). The van der Waals surface area contributed by atoms with Gasteiger partial charge in [-0.15, -0.1) is 0 Å². The maximum atomic E-state index is 10.5. The van der Waals surface area contributed by atoms with E-state index in [-0.39, 0.29) is 6.42 Å². The summed E-state index contributed by atoms with van der Waals surface area (Å²) in [4.78, 5) is 10.5. The van der Waals surface area contributed by atoms with Crippen LogP contribution in [0.3, 0.4) is 0 Å². The SMILES string of the molecule is C[C@H]1OC(=O)C[C@H](O)[C@@H]1O. The van der Waals surface area contributed by atoms with Gasteiger partial charge in [-0.05, 0) is 6.92 Å². The standard InChI is InChI=1S/C6H10O4/c1-3-6(9)4(7)2-5(8)10-3/h3-4,6-7,9H,2H2,1H3/t3-,4+,6-/m1/s1. The monoisotopic (exact) mass is 146 g/mol. The molecule has 1 saturated heterocycles. The molecule has 3 atom stereocenters. The summed E-state index contributed by atoms with van der Waals surface area (Å²) >= 11 is 0. The first-order chi connectivity index (χ1) is 4.61. The highest BCUT2D eigenvalue weighted by Gasteiger charge is 2.33. The van der Waals surface area contributed by atoms with Crippen LogP contribution in [0.25, 0.3) is 0 Å². The average Bonchev–Trinajstić information content (AvgIpc) is 1.82. The van der Waals surface area contributed by atoms with Crippen LogP contribution in [0, 0.1) is 0 Å². The summed E-state index contributed by atoms with van der Waals surface area (Å²) in [7, 11) is 0. The van der Waals surface area contributed by atoms with Gasteiger partial charge in [-0.25, -0.2) is 0 Å². The van der Waals surface area contributed by atoms with Crippen molar-refractivity contribution < 1.29 is 19.7 Å². The van der Waals surface area contributed by atoms with Gasteiger partial charge in [-0.1, -0.05) is 0 Å². The molecule has 0 aromatic carbocycles. The number of aliphatic hydroxyl groups excluding tert-OH is 2. The largest absolute Gasteiger partial charge is 0.460 e. The van der Waals surface area contributed by atoms with E-state index in [1.807, 2.05) is 0 Å². The number of carbonyl (C=O) groups excluding carboxylic acids is 1. The highest BCUT2D eigenvalue weighted by molar-refractivity contribution is 5.71. The second kappa shape index (κ2) is 2.56. The zero-order valence-corrected chi connectivity index (χ0v) is 5.65. The Kier molecular flexibility index (Phi) is 1.92. The second-order valence-electron chi connectivity index (χ2n) is 2.46. The molecule has 4 heteroatoms. The molecule has 0 aromatic rings. The van der Waals surface area contributed by atoms with Crippen LogP contribution in [0.5, 0.6) is 0 Å². The lowest BCUT2D eigenvalue weighted by molar-refractivity contribution is -0.175. The van der Waals surface area contributed by atoms with Crippen LogP contribution in [0.1, 0.15) is 13.3 Å². The molecule has 0 radical (unpaired) electrons. The summed E-state index contributed by atoms with van der Waals surface area (Å²) in [6, 6.07) is 0. The van der Waals surface area contributed by atoms with Gasteiger partial charge in [0.2, 0.25) is 0 Å². The molecular weight excluding hydrogens is 136 g/mol. The Hall–Kier alpha value is -0.610. The van der Waals surface area contributed by atoms with Crippen molar-refractivity contribution in [3.05, 3.63) is 0 Å². The number of carbonyl (C=O) groups is 1. The minimum Gasteiger partial charge on any atom is -0.460 e. The van der Waals surface area contributed by atoms with Gasteiger partial charge in [0.25, 0.3) is 0 Å². The third kappa shape index (κ3) is 1.27. The summed E-state index contributed by atoms with van der Waals surface area (Å²) in [6.45, 7) is 1.55. The van der Waals surface area contributed by atoms with Crippen molar-refractivity contribution in [2.45, 2.75) is 31.7 Å². The molecule has 1 aliphatic heterocycles. The Morgan fingerprint density at radius 1 is 1.60 bits per heavy atom. The van der Waals surface area contributed by atoms with Gasteiger partial charge in [0, 0.05) is 0 Å². The molecule has 0 saturated carbocycles. The molecule has 0 bridgehead atoms. The fourth-order valence-corrected chi connectivity index (χ4v) is 0.930. The van der Waals surface area contributed by atoms with Gasteiger partial charge < -0.3 is 14.9 Å². The highest BCUT2D eigenvalue weighted by Crippen LogP contribution is 2.14. The number of aliphatic hydroxyl groups is 2. The Labute approximate surface area is 58.4 Å². The van der Waals surface area contributed by atoms with Gasteiger partial charge >= 0.3 is 5.97 Å². The minimum atomic E-state index is -0.962. The number of hydrogen-bond donors (Lipinski definition) is 2. The minimum absolute atomic E-state index is 0.106. The Morgan fingerprint density at radius 3 is 2.70 bits per heavy atom. The van der Waals surface area contributed by atoms with Crippen LogP contribution < -0.4 is 0 Å². The number of cyclic esters (lactones) is 1. The predicted octanol–water partition coefficient (Wildman–Crippen LogP) is -0.956. The lowest BCUT2D eigenvalue weighted by atomic mass is 10.0. The molecule has 0 aliphatic carbocycles. The number of hydrogen-bond acceptors (Lipinski definition) is 4. The predicted molar refractivity (Wildman–Crippen MR) is 32.2 cm³/mol. The molecule has 0 aromatic heterocycles. The molecule has 2 N–H and O–H groups in total. The van der Waals surface area contributed by atoms with E-state index in [2.05, 4.69) is 4.74 Å². The fraction of sp³-hybridized carbons (Fsp3) is 0.833. The van der Waals surface area contributed by atoms with E-state index in [4.69, 9.17) is 10.2 Å². The van der Waals surface area contributed by atoms with E-state index >= 15 is 0 Å². The lowest BCUT2D eigenvalue weighted by Crippen LogP contribution is -2.44. The van der Waals surface area contributed by atoms with Crippen molar-refractivity contribution in [1.29, 1.82) is 0 Å². The summed E-state index contributed by atoms with van der Waals surface area (Å²) in [6.07, 6.45) is -2.59. The van der Waals surface area contributed by atoms with Gasteiger partial charge in [0.1, 0.15) is 12.2 Å². The van der Waals surface area contributed by atoms with Crippen molar-refractivity contribution in [1.82, 2.24) is 0 Å². The van der Waals surface area contributed by atoms with Gasteiger partial charge in [-0.2, -0.15) is 0 Å². The number of ether oxygens (including phenoxy) is 1. The van der Waals surface area contributed by atoms with Crippen LogP contribution in [-0.2, 0) is 9.53 Å². The van der Waals surface area contributed by atoms with Crippen LogP contribution in [0.2, 0.25) is 0 Å². The Bertz CT molecular complexity index is 131. The molecular formula is C6H10O4. The first kappa shape index (κ1) is 7.50. The van der Waals surface area contributed by atoms with Crippen molar-refractivity contribution in [3.8, 4) is 0 Å². The van der Waals surface area contributed by atoms with E-state index in [0.717, 1.165) is 0 Å². The normalized spacial score (nSPS) is 41.1. The summed E-state index contributed by atoms with van der Waals surface area (Å²) in [5, 5.41) is 18.0. The summed E-state index contributed by atoms with van der Waals surface area (Å²) in [5.74, 6) is -0.453. The first-order valence-corrected chi connectivity index (χ1v) is 3.17. The van der Waals surface area contributed by atoms with E-state index in [1.165, 1.54) is 0 Å². The highest BCUT2D eigenvalue weighted by atomic mass is 16.6. The van der Waals surface area contributed by atoms with Crippen LogP contribution >= 0.6 is 0 Å². The average molecular weight is 146 g/mol. The Balaban J connectivity index is 2.57. The molecule has 1 aliphatic rings. The smallest absolute Gasteiger partial charge is 0.308 e. The van der Waals surface area contributed by atoms with E-state index in [9.17, 15) is 4.79 Å². The van der Waals surface area contributed by atoms with Crippen molar-refractivity contribution >= 4 is 5.97 Å². The quantitative estimate of drug-likeness (QED) is 0.432. The van der Waals surface area contributed by atoms with Crippen LogP contribution in [0.15, 0.2) is 0 Å². The van der Waals surface area contributed by atoms with E-state index < -0.39 is 24.3 Å². The molecule has 0 unspecified atom stereocenters. The maximum Gasteiger partial charge on any atom is 0.308 e. The van der Waals surface area contributed by atoms with E-state index in [0.29, 0.717) is 0 Å². The zero-order chi connectivity index (χ0) is 7.72. The van der Waals surface area contributed by atoms with E-state index in [1.54, 1.807) is 6.92 Å². The number of rotatable bonds is 0. The summed E-state index contributed by atoms with van der Waals surface area (Å²) < 4.78 is 4.62. The number of esters is 1. The lowest BCUT2D eigenvalue weighted by Gasteiger charge is -2.28. The second-order valence-corrected chi connectivity index (χ2v) is 2.46. The maximum absolute atomic E-state index is 10.5. The molecule has 1 heterocycles. The molecule has 1 fully saturated rings. The first-order valence-electron chi connectivity index (χ1n) is 3.17. The van der Waals surface area contributed by atoms with Crippen LogP contribution in [0.4, 0.5) is 0 Å². The topological polar surface area (TPSA) is 66.8 Å². The van der Waals surface area contributed by atoms with Gasteiger partial charge in [-0.3, -0.25) is 4.79 Å². The molecule has 0 amide bonds. The molecule has 10 heavy (non-hydrogen) atoms. The third-order valence-corrected chi connectivity index (χ3v) is 1.57. The Morgan fingerprint density at radius 2 is 2.20 bits per heavy atom. The zero-order valence-electron chi connectivity index (χ0n) is 5.65.